The van der Waals surface area contributed by atoms with Gasteiger partial charge in [-0.2, -0.15) is 0 Å². The lowest BCUT2D eigenvalue weighted by molar-refractivity contribution is 0.215. The molecule has 2 atom stereocenters. The van der Waals surface area contributed by atoms with E-state index in [-0.39, 0.29) is 0 Å². The van der Waals surface area contributed by atoms with Crippen LogP contribution >= 0.6 is 0 Å². The first-order valence-corrected chi connectivity index (χ1v) is 9.77. The SMILES string of the molecule is CCC1CCC(C(CC2CC=CCC2)c2ccc(F)c(F)c2)CC1. The highest BCUT2D eigenvalue weighted by molar-refractivity contribution is 5.23. The average molecular weight is 332 g/mol. The summed E-state index contributed by atoms with van der Waals surface area (Å²) in [5.41, 5.74) is 1.02. The van der Waals surface area contributed by atoms with E-state index in [1.54, 1.807) is 0 Å². The molecule has 0 amide bonds. The summed E-state index contributed by atoms with van der Waals surface area (Å²) in [6.45, 7) is 2.28. The van der Waals surface area contributed by atoms with Gasteiger partial charge >= 0.3 is 0 Å². The molecule has 2 aliphatic carbocycles. The Kier molecular flexibility index (Phi) is 6.08. The summed E-state index contributed by atoms with van der Waals surface area (Å²) in [5, 5.41) is 0. The van der Waals surface area contributed by atoms with Gasteiger partial charge in [0.05, 0.1) is 0 Å². The molecule has 1 saturated carbocycles. The van der Waals surface area contributed by atoms with Crippen LogP contribution in [0.3, 0.4) is 0 Å². The van der Waals surface area contributed by atoms with Gasteiger partial charge in [-0.3, -0.25) is 0 Å². The Bertz CT molecular complexity index is 555. The molecule has 0 saturated heterocycles. The molecule has 2 unspecified atom stereocenters. The van der Waals surface area contributed by atoms with Gasteiger partial charge in [0, 0.05) is 0 Å². The van der Waals surface area contributed by atoms with Gasteiger partial charge in [0.25, 0.3) is 0 Å². The summed E-state index contributed by atoms with van der Waals surface area (Å²) in [6.07, 6.45) is 15.6. The normalized spacial score (nSPS) is 28.7. The Morgan fingerprint density at radius 3 is 2.38 bits per heavy atom. The molecule has 1 fully saturated rings. The molecule has 2 heteroatoms. The van der Waals surface area contributed by atoms with Crippen molar-refractivity contribution in [2.75, 3.05) is 0 Å². The van der Waals surface area contributed by atoms with E-state index < -0.39 is 11.6 Å². The largest absolute Gasteiger partial charge is 0.204 e. The molecule has 24 heavy (non-hydrogen) atoms. The molecule has 0 aromatic heterocycles. The summed E-state index contributed by atoms with van der Waals surface area (Å²) in [7, 11) is 0. The van der Waals surface area contributed by atoms with Crippen LogP contribution in [0, 0.1) is 29.4 Å². The van der Waals surface area contributed by atoms with E-state index in [0.717, 1.165) is 30.7 Å². The molecule has 0 aliphatic heterocycles. The van der Waals surface area contributed by atoms with Crippen molar-refractivity contribution < 1.29 is 8.78 Å². The third-order valence-electron chi connectivity index (χ3n) is 6.37. The topological polar surface area (TPSA) is 0 Å². The van der Waals surface area contributed by atoms with E-state index in [2.05, 4.69) is 19.1 Å². The number of hydrogen-bond acceptors (Lipinski definition) is 0. The first-order valence-electron chi connectivity index (χ1n) is 9.77. The Morgan fingerprint density at radius 1 is 0.958 bits per heavy atom. The average Bonchev–Trinajstić information content (AvgIpc) is 2.63. The minimum atomic E-state index is -0.729. The molecule has 1 aromatic rings. The zero-order chi connectivity index (χ0) is 16.9. The van der Waals surface area contributed by atoms with Gasteiger partial charge in [-0.05, 0) is 79.9 Å². The van der Waals surface area contributed by atoms with Crippen LogP contribution in [0.25, 0.3) is 0 Å². The standard InChI is InChI=1S/C22H30F2/c1-2-16-8-10-18(11-9-16)20(14-17-6-4-3-5-7-17)19-12-13-21(23)22(24)15-19/h3-4,12-13,15-18,20H,2,5-11,14H2,1H3. The van der Waals surface area contributed by atoms with E-state index >= 15 is 0 Å². The van der Waals surface area contributed by atoms with Crippen molar-refractivity contribution in [2.24, 2.45) is 17.8 Å². The maximum absolute atomic E-state index is 13.8. The van der Waals surface area contributed by atoms with Crippen LogP contribution < -0.4 is 0 Å². The van der Waals surface area contributed by atoms with E-state index in [9.17, 15) is 8.78 Å². The molecule has 0 radical (unpaired) electrons. The first-order chi connectivity index (χ1) is 11.7. The fourth-order valence-corrected chi connectivity index (χ4v) is 4.77. The first kappa shape index (κ1) is 17.6. The molecule has 0 bridgehead atoms. The molecule has 2 aliphatic rings. The molecule has 0 nitrogen and oxygen atoms in total. The van der Waals surface area contributed by atoms with Crippen molar-refractivity contribution in [1.82, 2.24) is 0 Å². The highest BCUT2D eigenvalue weighted by Crippen LogP contribution is 2.43. The lowest BCUT2D eigenvalue weighted by Crippen LogP contribution is -2.23. The van der Waals surface area contributed by atoms with Crippen molar-refractivity contribution in [2.45, 2.75) is 70.6 Å². The molecule has 0 N–H and O–H groups in total. The summed E-state index contributed by atoms with van der Waals surface area (Å²) in [6, 6.07) is 4.61. The van der Waals surface area contributed by atoms with E-state index in [4.69, 9.17) is 0 Å². The number of hydrogen-bond donors (Lipinski definition) is 0. The highest BCUT2D eigenvalue weighted by Gasteiger charge is 2.30. The fraction of sp³-hybridized carbons (Fsp3) is 0.636. The second kappa shape index (κ2) is 8.27. The number of rotatable bonds is 5. The summed E-state index contributed by atoms with van der Waals surface area (Å²) in [4.78, 5) is 0. The molecular weight excluding hydrogens is 302 g/mol. The van der Waals surface area contributed by atoms with Gasteiger partial charge in [0.2, 0.25) is 0 Å². The summed E-state index contributed by atoms with van der Waals surface area (Å²) < 4.78 is 27.2. The van der Waals surface area contributed by atoms with Crippen molar-refractivity contribution in [3.05, 3.63) is 47.5 Å². The lowest BCUT2D eigenvalue weighted by Gasteiger charge is -2.36. The molecule has 0 spiro atoms. The van der Waals surface area contributed by atoms with Crippen molar-refractivity contribution in [1.29, 1.82) is 0 Å². The minimum absolute atomic E-state index is 0.384. The monoisotopic (exact) mass is 332 g/mol. The van der Waals surface area contributed by atoms with Crippen molar-refractivity contribution in [3.8, 4) is 0 Å². The maximum Gasteiger partial charge on any atom is 0.159 e. The molecule has 132 valence electrons. The van der Waals surface area contributed by atoms with Crippen LogP contribution in [0.1, 0.15) is 76.2 Å². The Morgan fingerprint density at radius 2 is 1.75 bits per heavy atom. The van der Waals surface area contributed by atoms with Gasteiger partial charge in [0.1, 0.15) is 0 Å². The van der Waals surface area contributed by atoms with Crippen LogP contribution in [0.15, 0.2) is 30.4 Å². The van der Waals surface area contributed by atoms with Gasteiger partial charge in [-0.25, -0.2) is 8.78 Å². The Labute approximate surface area is 145 Å². The highest BCUT2D eigenvalue weighted by atomic mass is 19.2. The Balaban J connectivity index is 1.77. The number of halogens is 2. The fourth-order valence-electron chi connectivity index (χ4n) is 4.77. The summed E-state index contributed by atoms with van der Waals surface area (Å²) >= 11 is 0. The quantitative estimate of drug-likeness (QED) is 0.509. The van der Waals surface area contributed by atoms with Gasteiger partial charge in [-0.15, -0.1) is 0 Å². The van der Waals surface area contributed by atoms with Gasteiger partial charge < -0.3 is 0 Å². The van der Waals surface area contributed by atoms with Crippen LogP contribution in [-0.4, -0.2) is 0 Å². The predicted molar refractivity (Wildman–Crippen MR) is 95.9 cm³/mol. The smallest absolute Gasteiger partial charge is 0.159 e. The minimum Gasteiger partial charge on any atom is -0.204 e. The van der Waals surface area contributed by atoms with Crippen molar-refractivity contribution >= 4 is 0 Å². The molecular formula is C22H30F2. The zero-order valence-electron chi connectivity index (χ0n) is 14.8. The molecule has 1 aromatic carbocycles. The van der Waals surface area contributed by atoms with Crippen LogP contribution in [0.4, 0.5) is 8.78 Å². The zero-order valence-corrected chi connectivity index (χ0v) is 14.8. The van der Waals surface area contributed by atoms with Gasteiger partial charge in [-0.1, -0.05) is 44.4 Å². The van der Waals surface area contributed by atoms with E-state index in [0.29, 0.717) is 17.8 Å². The van der Waals surface area contributed by atoms with Crippen LogP contribution in [0.2, 0.25) is 0 Å². The molecule has 0 heterocycles. The summed E-state index contributed by atoms with van der Waals surface area (Å²) in [5.74, 6) is 1.15. The van der Waals surface area contributed by atoms with Crippen molar-refractivity contribution in [3.63, 3.8) is 0 Å². The van der Waals surface area contributed by atoms with Crippen LogP contribution in [-0.2, 0) is 0 Å². The van der Waals surface area contributed by atoms with Crippen LogP contribution in [0.5, 0.6) is 0 Å². The van der Waals surface area contributed by atoms with Gasteiger partial charge in [0.15, 0.2) is 11.6 Å². The lowest BCUT2D eigenvalue weighted by atomic mass is 9.69. The second-order valence-electron chi connectivity index (χ2n) is 7.86. The molecule has 3 rings (SSSR count). The Hall–Kier alpha value is -1.18. The van der Waals surface area contributed by atoms with E-state index in [1.807, 2.05) is 6.07 Å². The third-order valence-corrected chi connectivity index (χ3v) is 6.37. The third kappa shape index (κ3) is 4.26. The number of allylic oxidation sites excluding steroid dienone is 2. The van der Waals surface area contributed by atoms with E-state index in [1.165, 1.54) is 50.7 Å². The second-order valence-corrected chi connectivity index (χ2v) is 7.86. The maximum atomic E-state index is 13.8. The predicted octanol–water partition coefficient (Wildman–Crippen LogP) is 7.01. The number of benzene rings is 1.